The maximum atomic E-state index is 12.2. The van der Waals surface area contributed by atoms with Crippen molar-refractivity contribution in [1.29, 1.82) is 0 Å². The number of pyridine rings is 1. The molecule has 0 unspecified atom stereocenters. The van der Waals surface area contributed by atoms with Gasteiger partial charge in [-0.15, -0.1) is 10.2 Å². The summed E-state index contributed by atoms with van der Waals surface area (Å²) in [4.78, 5) is 16.0. The third-order valence-corrected chi connectivity index (χ3v) is 4.34. The number of halogens is 1. The molecule has 0 aromatic carbocycles. The van der Waals surface area contributed by atoms with E-state index >= 15 is 0 Å². The molecule has 0 radical (unpaired) electrons. The van der Waals surface area contributed by atoms with Crippen LogP contribution in [-0.2, 0) is 6.54 Å². The number of nitrogens with one attached hydrogen (secondary N) is 1. The number of carbonyl (C=O) groups excluding carboxylic acids is 1. The molecule has 1 N–H and O–H groups in total. The van der Waals surface area contributed by atoms with E-state index in [1.807, 2.05) is 0 Å². The largest absolute Gasteiger partial charge is 0.345 e. The zero-order valence-electron chi connectivity index (χ0n) is 12.2. The minimum atomic E-state index is -0.231. The highest BCUT2D eigenvalue weighted by Gasteiger charge is 2.19. The maximum Gasteiger partial charge on any atom is 0.253 e. The standard InChI is InChI=1S/C15H18ClN5O/c16-13-8-17-7-6-12(13)15(22)18-9-14-20-19-10-21(14)11-4-2-1-3-5-11/h6-8,10-11H,1-5,9H2,(H,18,22). The van der Waals surface area contributed by atoms with Gasteiger partial charge in [-0.25, -0.2) is 0 Å². The summed E-state index contributed by atoms with van der Waals surface area (Å²) >= 11 is 5.98. The van der Waals surface area contributed by atoms with Crippen LogP contribution in [-0.4, -0.2) is 25.7 Å². The molecule has 1 fully saturated rings. The average molecular weight is 320 g/mol. The molecule has 6 nitrogen and oxygen atoms in total. The SMILES string of the molecule is O=C(NCc1nncn1C1CCCCC1)c1ccncc1Cl. The van der Waals surface area contributed by atoms with Gasteiger partial charge in [0.25, 0.3) is 5.91 Å². The Morgan fingerprint density at radius 2 is 2.18 bits per heavy atom. The van der Waals surface area contributed by atoms with E-state index in [9.17, 15) is 4.79 Å². The van der Waals surface area contributed by atoms with E-state index in [1.54, 1.807) is 18.6 Å². The summed E-state index contributed by atoms with van der Waals surface area (Å²) in [5, 5.41) is 11.3. The Bertz CT molecular complexity index is 651. The van der Waals surface area contributed by atoms with E-state index in [2.05, 4.69) is 25.1 Å². The molecule has 3 rings (SSSR count). The predicted molar refractivity (Wildman–Crippen MR) is 82.6 cm³/mol. The fourth-order valence-corrected chi connectivity index (χ4v) is 3.08. The van der Waals surface area contributed by atoms with E-state index in [1.165, 1.54) is 25.5 Å². The van der Waals surface area contributed by atoms with Gasteiger partial charge >= 0.3 is 0 Å². The van der Waals surface area contributed by atoms with Crippen molar-refractivity contribution in [3.8, 4) is 0 Å². The second-order valence-corrected chi connectivity index (χ2v) is 5.89. The molecule has 0 aliphatic heterocycles. The molecule has 116 valence electrons. The second kappa shape index (κ2) is 6.87. The zero-order valence-corrected chi connectivity index (χ0v) is 13.0. The first-order chi connectivity index (χ1) is 10.8. The number of amides is 1. The van der Waals surface area contributed by atoms with E-state index in [4.69, 9.17) is 11.6 Å². The van der Waals surface area contributed by atoms with Crippen LogP contribution in [0, 0.1) is 0 Å². The monoisotopic (exact) mass is 319 g/mol. The predicted octanol–water partition coefficient (Wildman–Crippen LogP) is 2.76. The van der Waals surface area contributed by atoms with Crippen molar-refractivity contribution in [1.82, 2.24) is 25.1 Å². The molecule has 2 aromatic heterocycles. The Labute approximate surface area is 133 Å². The van der Waals surface area contributed by atoms with Gasteiger partial charge < -0.3 is 9.88 Å². The van der Waals surface area contributed by atoms with E-state index in [-0.39, 0.29) is 5.91 Å². The third kappa shape index (κ3) is 3.27. The van der Waals surface area contributed by atoms with Crippen molar-refractivity contribution < 1.29 is 4.79 Å². The van der Waals surface area contributed by atoms with Crippen LogP contribution in [0.4, 0.5) is 0 Å². The van der Waals surface area contributed by atoms with Crippen LogP contribution in [0.3, 0.4) is 0 Å². The van der Waals surface area contributed by atoms with Crippen LogP contribution >= 0.6 is 11.6 Å². The van der Waals surface area contributed by atoms with Gasteiger partial charge in [-0.05, 0) is 18.9 Å². The number of nitrogens with zero attached hydrogens (tertiary/aromatic N) is 4. The molecule has 0 atom stereocenters. The molecule has 0 spiro atoms. The first kappa shape index (κ1) is 15.0. The van der Waals surface area contributed by atoms with Gasteiger partial charge in [0.2, 0.25) is 0 Å². The summed E-state index contributed by atoms with van der Waals surface area (Å²) in [6.45, 7) is 0.341. The van der Waals surface area contributed by atoms with Crippen molar-refractivity contribution in [3.05, 3.63) is 41.2 Å². The van der Waals surface area contributed by atoms with E-state index in [0.29, 0.717) is 23.2 Å². The molecule has 2 aromatic rings. The number of hydrogen-bond donors (Lipinski definition) is 1. The number of hydrogen-bond acceptors (Lipinski definition) is 4. The van der Waals surface area contributed by atoms with Crippen molar-refractivity contribution in [2.75, 3.05) is 0 Å². The fraction of sp³-hybridized carbons (Fsp3) is 0.467. The van der Waals surface area contributed by atoms with Gasteiger partial charge in [0.1, 0.15) is 6.33 Å². The molecule has 22 heavy (non-hydrogen) atoms. The summed E-state index contributed by atoms with van der Waals surface area (Å²) < 4.78 is 2.09. The van der Waals surface area contributed by atoms with Crippen LogP contribution < -0.4 is 5.32 Å². The lowest BCUT2D eigenvalue weighted by molar-refractivity contribution is 0.0949. The first-order valence-corrected chi connectivity index (χ1v) is 7.89. The average Bonchev–Trinajstić information content (AvgIpc) is 3.02. The Morgan fingerprint density at radius 3 is 2.95 bits per heavy atom. The molecule has 0 bridgehead atoms. The van der Waals surface area contributed by atoms with Gasteiger partial charge in [0, 0.05) is 18.4 Å². The number of carbonyl (C=O) groups is 1. The topological polar surface area (TPSA) is 72.7 Å². The molecule has 1 saturated carbocycles. The lowest BCUT2D eigenvalue weighted by Crippen LogP contribution is -2.26. The third-order valence-electron chi connectivity index (χ3n) is 4.04. The summed E-state index contributed by atoms with van der Waals surface area (Å²) in [6, 6.07) is 2.05. The van der Waals surface area contributed by atoms with Gasteiger partial charge in [-0.1, -0.05) is 30.9 Å². The summed E-state index contributed by atoms with van der Waals surface area (Å²) in [5.41, 5.74) is 0.417. The van der Waals surface area contributed by atoms with Crippen molar-refractivity contribution in [3.63, 3.8) is 0 Å². The molecule has 1 aliphatic carbocycles. The minimum absolute atomic E-state index is 0.231. The minimum Gasteiger partial charge on any atom is -0.345 e. The Balaban J connectivity index is 1.66. The van der Waals surface area contributed by atoms with Crippen LogP contribution in [0.15, 0.2) is 24.8 Å². The smallest absolute Gasteiger partial charge is 0.253 e. The maximum absolute atomic E-state index is 12.2. The highest BCUT2D eigenvalue weighted by molar-refractivity contribution is 6.33. The Hall–Kier alpha value is -1.95. The lowest BCUT2D eigenvalue weighted by atomic mass is 9.95. The first-order valence-electron chi connectivity index (χ1n) is 7.52. The lowest BCUT2D eigenvalue weighted by Gasteiger charge is -2.24. The van der Waals surface area contributed by atoms with Crippen LogP contribution in [0.5, 0.6) is 0 Å². The molecule has 7 heteroatoms. The normalized spacial score (nSPS) is 15.7. The van der Waals surface area contributed by atoms with Crippen molar-refractivity contribution in [2.24, 2.45) is 0 Å². The zero-order chi connectivity index (χ0) is 15.4. The van der Waals surface area contributed by atoms with Gasteiger partial charge in [-0.2, -0.15) is 0 Å². The van der Waals surface area contributed by atoms with Gasteiger partial charge in [-0.3, -0.25) is 9.78 Å². The quantitative estimate of drug-likeness (QED) is 0.940. The fourth-order valence-electron chi connectivity index (χ4n) is 2.87. The Kier molecular flexibility index (Phi) is 4.68. The number of rotatable bonds is 4. The van der Waals surface area contributed by atoms with Crippen molar-refractivity contribution in [2.45, 2.75) is 44.7 Å². The van der Waals surface area contributed by atoms with E-state index in [0.717, 1.165) is 18.7 Å². The highest BCUT2D eigenvalue weighted by Crippen LogP contribution is 2.28. The second-order valence-electron chi connectivity index (χ2n) is 5.48. The van der Waals surface area contributed by atoms with Crippen molar-refractivity contribution >= 4 is 17.5 Å². The molecule has 1 amide bonds. The molecule has 0 saturated heterocycles. The highest BCUT2D eigenvalue weighted by atomic mass is 35.5. The van der Waals surface area contributed by atoms with Crippen LogP contribution in [0.2, 0.25) is 5.02 Å². The van der Waals surface area contributed by atoms with Crippen LogP contribution in [0.1, 0.15) is 54.3 Å². The summed E-state index contributed by atoms with van der Waals surface area (Å²) in [7, 11) is 0. The molecular weight excluding hydrogens is 302 g/mol. The van der Waals surface area contributed by atoms with E-state index < -0.39 is 0 Å². The molecule has 1 aliphatic rings. The summed E-state index contributed by atoms with van der Waals surface area (Å²) in [5.74, 6) is 0.552. The molecular formula is C15H18ClN5O. The number of aromatic nitrogens is 4. The Morgan fingerprint density at radius 1 is 1.36 bits per heavy atom. The summed E-state index contributed by atoms with van der Waals surface area (Å²) in [6.07, 6.45) is 10.8. The molecule has 2 heterocycles. The van der Waals surface area contributed by atoms with Gasteiger partial charge in [0.15, 0.2) is 5.82 Å². The van der Waals surface area contributed by atoms with Crippen LogP contribution in [0.25, 0.3) is 0 Å². The van der Waals surface area contributed by atoms with Gasteiger partial charge in [0.05, 0.1) is 17.1 Å².